The molecule has 2 aromatic rings. The Morgan fingerprint density at radius 1 is 1.14 bits per heavy atom. The van der Waals surface area contributed by atoms with E-state index < -0.39 is 17.8 Å². The molecule has 1 unspecified atom stereocenters. The number of hydrogen-bond acceptors (Lipinski definition) is 2. The average Bonchev–Trinajstić information content (AvgIpc) is 2.45. The average molecular weight is 314 g/mol. The lowest BCUT2D eigenvalue weighted by Gasteiger charge is -2.28. The minimum atomic E-state index is -4.36. The van der Waals surface area contributed by atoms with Gasteiger partial charge in [0.25, 0.3) is 0 Å². The van der Waals surface area contributed by atoms with Crippen LogP contribution in [0.3, 0.4) is 0 Å². The molecule has 6 heteroatoms. The standard InChI is InChI=1S/C15H11ClF3NO/c16-11-4-5-12-13(7-11)21-14(8-20-12)9-2-1-3-10(6-9)15(17,18)19/h1-7,14,20H,8H2. The molecular formula is C15H11ClF3NO. The van der Waals surface area contributed by atoms with Crippen LogP contribution in [0.15, 0.2) is 42.5 Å². The maximum absolute atomic E-state index is 12.8. The molecule has 0 amide bonds. The van der Waals surface area contributed by atoms with Crippen molar-refractivity contribution < 1.29 is 17.9 Å². The smallest absolute Gasteiger partial charge is 0.416 e. The first-order valence-corrected chi connectivity index (χ1v) is 6.68. The van der Waals surface area contributed by atoms with Gasteiger partial charge in [-0.2, -0.15) is 13.2 Å². The Hall–Kier alpha value is -1.88. The van der Waals surface area contributed by atoms with E-state index in [9.17, 15) is 13.2 Å². The van der Waals surface area contributed by atoms with Crippen LogP contribution < -0.4 is 10.1 Å². The molecule has 1 aliphatic heterocycles. The Labute approximate surface area is 124 Å². The second kappa shape index (κ2) is 5.15. The van der Waals surface area contributed by atoms with Gasteiger partial charge in [-0.25, -0.2) is 0 Å². The van der Waals surface area contributed by atoms with Crippen LogP contribution in [0.4, 0.5) is 18.9 Å². The molecule has 2 nitrogen and oxygen atoms in total. The third kappa shape index (κ3) is 2.93. The van der Waals surface area contributed by atoms with Gasteiger partial charge in [-0.3, -0.25) is 0 Å². The van der Waals surface area contributed by atoms with E-state index in [4.69, 9.17) is 16.3 Å². The first-order chi connectivity index (χ1) is 9.93. The molecule has 0 aromatic heterocycles. The van der Waals surface area contributed by atoms with Crippen LogP contribution in [-0.4, -0.2) is 6.54 Å². The molecule has 0 saturated carbocycles. The van der Waals surface area contributed by atoms with Crippen molar-refractivity contribution in [2.24, 2.45) is 0 Å². The Bertz CT molecular complexity index is 672. The number of halogens is 4. The van der Waals surface area contributed by atoms with Gasteiger partial charge in [0.15, 0.2) is 0 Å². The fourth-order valence-electron chi connectivity index (χ4n) is 2.24. The number of rotatable bonds is 1. The van der Waals surface area contributed by atoms with Crippen LogP contribution in [0.25, 0.3) is 0 Å². The zero-order valence-corrected chi connectivity index (χ0v) is 11.5. The zero-order valence-electron chi connectivity index (χ0n) is 10.7. The SMILES string of the molecule is FC(F)(F)c1cccc(C2CNc3ccc(Cl)cc3O2)c1. The minimum Gasteiger partial charge on any atom is -0.482 e. The Morgan fingerprint density at radius 3 is 2.71 bits per heavy atom. The summed E-state index contributed by atoms with van der Waals surface area (Å²) in [6, 6.07) is 10.3. The predicted octanol–water partition coefficient (Wildman–Crippen LogP) is 4.90. The van der Waals surface area contributed by atoms with E-state index >= 15 is 0 Å². The van der Waals surface area contributed by atoms with Crippen molar-refractivity contribution in [3.8, 4) is 5.75 Å². The number of benzene rings is 2. The molecule has 0 saturated heterocycles. The lowest BCUT2D eigenvalue weighted by molar-refractivity contribution is -0.137. The molecule has 2 aromatic carbocycles. The lowest BCUT2D eigenvalue weighted by atomic mass is 10.0. The molecule has 1 N–H and O–H groups in total. The summed E-state index contributed by atoms with van der Waals surface area (Å²) in [4.78, 5) is 0. The summed E-state index contributed by atoms with van der Waals surface area (Å²) < 4.78 is 44.0. The van der Waals surface area contributed by atoms with Crippen molar-refractivity contribution in [3.63, 3.8) is 0 Å². The largest absolute Gasteiger partial charge is 0.482 e. The van der Waals surface area contributed by atoms with Gasteiger partial charge in [0.05, 0.1) is 17.8 Å². The quantitative estimate of drug-likeness (QED) is 0.808. The van der Waals surface area contributed by atoms with Crippen LogP contribution in [0.5, 0.6) is 5.75 Å². The molecule has 0 aliphatic carbocycles. The first kappa shape index (κ1) is 14.1. The monoisotopic (exact) mass is 313 g/mol. The summed E-state index contributed by atoms with van der Waals surface area (Å²) in [7, 11) is 0. The van der Waals surface area contributed by atoms with Gasteiger partial charge < -0.3 is 10.1 Å². The minimum absolute atomic E-state index is 0.399. The summed E-state index contributed by atoms with van der Waals surface area (Å²) in [5.74, 6) is 0.538. The molecule has 3 rings (SSSR count). The van der Waals surface area contributed by atoms with Crippen molar-refractivity contribution in [3.05, 3.63) is 58.6 Å². The van der Waals surface area contributed by atoms with Gasteiger partial charge in [0.2, 0.25) is 0 Å². The van der Waals surface area contributed by atoms with E-state index in [0.717, 1.165) is 17.8 Å². The lowest BCUT2D eigenvalue weighted by Crippen LogP contribution is -2.23. The number of alkyl halides is 3. The van der Waals surface area contributed by atoms with E-state index in [1.165, 1.54) is 6.07 Å². The highest BCUT2D eigenvalue weighted by Crippen LogP contribution is 2.37. The summed E-state index contributed by atoms with van der Waals surface area (Å²) in [5, 5.41) is 3.65. The molecule has 0 fully saturated rings. The highest BCUT2D eigenvalue weighted by atomic mass is 35.5. The summed E-state index contributed by atoms with van der Waals surface area (Å²) in [5.41, 5.74) is 0.575. The second-order valence-electron chi connectivity index (χ2n) is 4.75. The molecule has 1 heterocycles. The van der Waals surface area contributed by atoms with Gasteiger partial charge in [-0.15, -0.1) is 0 Å². The number of fused-ring (bicyclic) bond motifs is 1. The fraction of sp³-hybridized carbons (Fsp3) is 0.200. The van der Waals surface area contributed by atoms with Gasteiger partial charge in [0, 0.05) is 11.1 Å². The highest BCUT2D eigenvalue weighted by molar-refractivity contribution is 6.30. The van der Waals surface area contributed by atoms with Crippen LogP contribution >= 0.6 is 11.6 Å². The summed E-state index contributed by atoms with van der Waals surface area (Å²) in [6.45, 7) is 0.399. The van der Waals surface area contributed by atoms with Crippen LogP contribution in [0.2, 0.25) is 5.02 Å². The fourth-order valence-corrected chi connectivity index (χ4v) is 2.40. The molecule has 1 atom stereocenters. The molecule has 110 valence electrons. The number of ether oxygens (including phenoxy) is 1. The molecule has 0 radical (unpaired) electrons. The maximum atomic E-state index is 12.8. The van der Waals surface area contributed by atoms with Gasteiger partial charge >= 0.3 is 6.18 Å². The molecular weight excluding hydrogens is 303 g/mol. The van der Waals surface area contributed by atoms with Crippen molar-refractivity contribution in [1.29, 1.82) is 0 Å². The van der Waals surface area contributed by atoms with E-state index in [-0.39, 0.29) is 0 Å². The van der Waals surface area contributed by atoms with Crippen molar-refractivity contribution in [2.45, 2.75) is 12.3 Å². The van der Waals surface area contributed by atoms with Gasteiger partial charge in [-0.1, -0.05) is 23.7 Å². The van der Waals surface area contributed by atoms with Crippen LogP contribution in [0, 0.1) is 0 Å². The highest BCUT2D eigenvalue weighted by Gasteiger charge is 2.31. The third-order valence-corrected chi connectivity index (χ3v) is 3.51. The molecule has 1 aliphatic rings. The van der Waals surface area contributed by atoms with Gasteiger partial charge in [0.1, 0.15) is 11.9 Å². The summed E-state index contributed by atoms with van der Waals surface area (Å²) in [6.07, 6.45) is -4.85. The predicted molar refractivity (Wildman–Crippen MR) is 74.8 cm³/mol. The first-order valence-electron chi connectivity index (χ1n) is 6.31. The Kier molecular flexibility index (Phi) is 3.45. The maximum Gasteiger partial charge on any atom is 0.416 e. The van der Waals surface area contributed by atoms with Crippen molar-refractivity contribution in [1.82, 2.24) is 0 Å². The van der Waals surface area contributed by atoms with Crippen molar-refractivity contribution in [2.75, 3.05) is 11.9 Å². The van der Waals surface area contributed by atoms with E-state index in [1.54, 1.807) is 24.3 Å². The summed E-state index contributed by atoms with van der Waals surface area (Å²) >= 11 is 5.90. The second-order valence-corrected chi connectivity index (χ2v) is 5.19. The number of hydrogen-bond donors (Lipinski definition) is 1. The number of anilines is 1. The Balaban J connectivity index is 1.89. The normalized spacial score (nSPS) is 17.6. The molecule has 0 spiro atoms. The zero-order chi connectivity index (χ0) is 15.0. The molecule has 0 bridgehead atoms. The van der Waals surface area contributed by atoms with Crippen molar-refractivity contribution >= 4 is 17.3 Å². The Morgan fingerprint density at radius 2 is 1.95 bits per heavy atom. The van der Waals surface area contributed by atoms with Gasteiger partial charge in [-0.05, 0) is 29.8 Å². The van der Waals surface area contributed by atoms with E-state index in [1.807, 2.05) is 0 Å². The topological polar surface area (TPSA) is 21.3 Å². The van der Waals surface area contributed by atoms with E-state index in [0.29, 0.717) is 22.9 Å². The van der Waals surface area contributed by atoms with Crippen LogP contribution in [0.1, 0.15) is 17.2 Å². The molecule has 21 heavy (non-hydrogen) atoms. The third-order valence-electron chi connectivity index (χ3n) is 3.28. The van der Waals surface area contributed by atoms with Crippen LogP contribution in [-0.2, 0) is 6.18 Å². The van der Waals surface area contributed by atoms with E-state index in [2.05, 4.69) is 5.32 Å². The number of nitrogens with one attached hydrogen (secondary N) is 1.